The molecule has 23 heavy (non-hydrogen) atoms. The molecule has 3 unspecified atom stereocenters. The third-order valence-corrected chi connectivity index (χ3v) is 4.38. The number of hydrogen-bond acceptors (Lipinski definition) is 6. The Morgan fingerprint density at radius 3 is 2.78 bits per heavy atom. The molecule has 0 aromatic heterocycles. The summed E-state index contributed by atoms with van der Waals surface area (Å²) in [5.74, 6) is -0.155. The molecule has 0 saturated carbocycles. The summed E-state index contributed by atoms with van der Waals surface area (Å²) in [6.45, 7) is 5.58. The molecule has 2 aliphatic heterocycles. The zero-order valence-electron chi connectivity index (χ0n) is 13.9. The number of aliphatic hydroxyl groups excluding tert-OH is 1. The average Bonchev–Trinajstić information content (AvgIpc) is 2.72. The molecule has 2 N–H and O–H groups in total. The van der Waals surface area contributed by atoms with Gasteiger partial charge in [-0.2, -0.15) is 0 Å². The van der Waals surface area contributed by atoms with Crippen LogP contribution >= 0.6 is 0 Å². The van der Waals surface area contributed by atoms with Gasteiger partial charge in [0.2, 0.25) is 11.8 Å². The lowest BCUT2D eigenvalue weighted by molar-refractivity contribution is -0.128. The second-order valence-corrected chi connectivity index (χ2v) is 6.13. The lowest BCUT2D eigenvalue weighted by Gasteiger charge is -2.26. The van der Waals surface area contributed by atoms with Crippen molar-refractivity contribution in [2.45, 2.75) is 31.6 Å². The summed E-state index contributed by atoms with van der Waals surface area (Å²) in [5, 5.41) is 13.1. The fraction of sp³-hybridized carbons (Fsp3) is 0.867. The van der Waals surface area contributed by atoms with E-state index < -0.39 is 12.1 Å². The van der Waals surface area contributed by atoms with Crippen LogP contribution in [0.2, 0.25) is 0 Å². The number of ether oxygens (including phenoxy) is 2. The van der Waals surface area contributed by atoms with Gasteiger partial charge in [0.1, 0.15) is 12.7 Å². The van der Waals surface area contributed by atoms with Crippen LogP contribution in [-0.4, -0.2) is 98.0 Å². The third-order valence-electron chi connectivity index (χ3n) is 4.38. The van der Waals surface area contributed by atoms with Gasteiger partial charge in [-0.15, -0.1) is 0 Å². The predicted molar refractivity (Wildman–Crippen MR) is 82.9 cm³/mol. The van der Waals surface area contributed by atoms with Crippen LogP contribution in [0.15, 0.2) is 0 Å². The lowest BCUT2D eigenvalue weighted by Crippen LogP contribution is -2.48. The third kappa shape index (κ3) is 5.13. The van der Waals surface area contributed by atoms with Crippen molar-refractivity contribution in [3.8, 4) is 0 Å². The van der Waals surface area contributed by atoms with Gasteiger partial charge in [0.15, 0.2) is 0 Å². The molecule has 0 aromatic carbocycles. The maximum Gasteiger partial charge on any atom is 0.246 e. The van der Waals surface area contributed by atoms with Gasteiger partial charge in [0.05, 0.1) is 18.8 Å². The molecule has 2 amide bonds. The highest BCUT2D eigenvalue weighted by molar-refractivity contribution is 5.77. The molecular formula is C15H27N3O5. The number of carbonyl (C=O) groups is 2. The van der Waals surface area contributed by atoms with Crippen molar-refractivity contribution < 1.29 is 24.2 Å². The summed E-state index contributed by atoms with van der Waals surface area (Å²) >= 11 is 0. The standard InChI is InChI=1S/C15H27N3O5/c1-11(19)18-5-3-4-17(6-7-18)8-13-15(21)12(9-23-13)16-14(20)10-22-2/h12-13,15,21H,3-10H2,1-2H3,(H,16,20). The van der Waals surface area contributed by atoms with Crippen molar-refractivity contribution in [2.24, 2.45) is 0 Å². The van der Waals surface area contributed by atoms with E-state index in [9.17, 15) is 14.7 Å². The van der Waals surface area contributed by atoms with Crippen LogP contribution in [0, 0.1) is 0 Å². The highest BCUT2D eigenvalue weighted by atomic mass is 16.5. The molecule has 8 heteroatoms. The first-order chi connectivity index (χ1) is 11.0. The number of hydrogen-bond donors (Lipinski definition) is 2. The van der Waals surface area contributed by atoms with Gasteiger partial charge in [0.25, 0.3) is 0 Å². The Labute approximate surface area is 136 Å². The number of nitrogens with zero attached hydrogens (tertiary/aromatic N) is 2. The van der Waals surface area contributed by atoms with Crippen molar-refractivity contribution >= 4 is 11.8 Å². The van der Waals surface area contributed by atoms with E-state index in [2.05, 4.69) is 10.2 Å². The Bertz CT molecular complexity index is 420. The molecule has 0 aliphatic carbocycles. The van der Waals surface area contributed by atoms with Crippen molar-refractivity contribution in [2.75, 3.05) is 53.0 Å². The molecule has 132 valence electrons. The second kappa shape index (κ2) is 8.58. The zero-order chi connectivity index (χ0) is 16.8. The molecule has 2 heterocycles. The smallest absolute Gasteiger partial charge is 0.246 e. The number of aliphatic hydroxyl groups is 1. The maximum atomic E-state index is 11.5. The number of amides is 2. The molecule has 2 aliphatic rings. The van der Waals surface area contributed by atoms with Crippen LogP contribution in [0.1, 0.15) is 13.3 Å². The second-order valence-electron chi connectivity index (χ2n) is 6.13. The fourth-order valence-corrected chi connectivity index (χ4v) is 3.07. The Balaban J connectivity index is 1.79. The molecule has 3 atom stereocenters. The average molecular weight is 329 g/mol. The summed E-state index contributed by atoms with van der Waals surface area (Å²) in [4.78, 5) is 27.0. The largest absolute Gasteiger partial charge is 0.388 e. The van der Waals surface area contributed by atoms with Gasteiger partial charge in [0, 0.05) is 40.2 Å². The normalized spacial score (nSPS) is 29.3. The van der Waals surface area contributed by atoms with Gasteiger partial charge in [-0.1, -0.05) is 0 Å². The fourth-order valence-electron chi connectivity index (χ4n) is 3.07. The number of methoxy groups -OCH3 is 1. The molecule has 2 rings (SSSR count). The van der Waals surface area contributed by atoms with Crippen LogP contribution in [0.25, 0.3) is 0 Å². The van der Waals surface area contributed by atoms with Crippen molar-refractivity contribution in [1.82, 2.24) is 15.1 Å². The van der Waals surface area contributed by atoms with Crippen LogP contribution in [-0.2, 0) is 19.1 Å². The minimum absolute atomic E-state index is 0.0269. The Hall–Kier alpha value is -1.22. The van der Waals surface area contributed by atoms with E-state index in [0.29, 0.717) is 19.7 Å². The number of carbonyl (C=O) groups excluding carboxylic acids is 2. The van der Waals surface area contributed by atoms with E-state index in [1.54, 1.807) is 6.92 Å². The first kappa shape index (κ1) is 18.1. The highest BCUT2D eigenvalue weighted by Crippen LogP contribution is 2.17. The van der Waals surface area contributed by atoms with E-state index in [1.165, 1.54) is 7.11 Å². The van der Waals surface area contributed by atoms with Gasteiger partial charge < -0.3 is 24.8 Å². The summed E-state index contributed by atoms with van der Waals surface area (Å²) in [6.07, 6.45) is -0.147. The van der Waals surface area contributed by atoms with E-state index >= 15 is 0 Å². The summed E-state index contributed by atoms with van der Waals surface area (Å²) in [7, 11) is 1.45. The Morgan fingerprint density at radius 2 is 2.09 bits per heavy atom. The van der Waals surface area contributed by atoms with Crippen molar-refractivity contribution in [3.05, 3.63) is 0 Å². The molecule has 0 bridgehead atoms. The van der Waals surface area contributed by atoms with Gasteiger partial charge >= 0.3 is 0 Å². The highest BCUT2D eigenvalue weighted by Gasteiger charge is 2.37. The van der Waals surface area contributed by atoms with Crippen molar-refractivity contribution in [1.29, 1.82) is 0 Å². The topological polar surface area (TPSA) is 91.3 Å². The van der Waals surface area contributed by atoms with Crippen LogP contribution in [0.3, 0.4) is 0 Å². The van der Waals surface area contributed by atoms with E-state index in [-0.39, 0.29) is 24.5 Å². The SMILES string of the molecule is COCC(=O)NC1COC(CN2CCCN(C(C)=O)CC2)C1O. The summed E-state index contributed by atoms with van der Waals surface area (Å²) < 4.78 is 10.4. The molecule has 2 fully saturated rings. The Morgan fingerprint density at radius 1 is 1.30 bits per heavy atom. The maximum absolute atomic E-state index is 11.5. The summed E-state index contributed by atoms with van der Waals surface area (Å²) in [5.41, 5.74) is 0. The minimum Gasteiger partial charge on any atom is -0.388 e. The first-order valence-corrected chi connectivity index (χ1v) is 8.07. The predicted octanol–water partition coefficient (Wildman–Crippen LogP) is -1.57. The van der Waals surface area contributed by atoms with E-state index in [1.807, 2.05) is 4.90 Å². The van der Waals surface area contributed by atoms with Crippen LogP contribution < -0.4 is 5.32 Å². The van der Waals surface area contributed by atoms with Crippen LogP contribution in [0.4, 0.5) is 0 Å². The minimum atomic E-state index is -0.733. The molecular weight excluding hydrogens is 302 g/mol. The van der Waals surface area contributed by atoms with Gasteiger partial charge in [-0.25, -0.2) is 0 Å². The molecule has 0 radical (unpaired) electrons. The number of nitrogens with one attached hydrogen (secondary N) is 1. The van der Waals surface area contributed by atoms with Gasteiger partial charge in [-0.05, 0) is 13.0 Å². The molecule has 0 aromatic rings. The van der Waals surface area contributed by atoms with Gasteiger partial charge in [-0.3, -0.25) is 14.5 Å². The zero-order valence-corrected chi connectivity index (χ0v) is 13.9. The Kier molecular flexibility index (Phi) is 6.76. The number of rotatable bonds is 5. The lowest BCUT2D eigenvalue weighted by atomic mass is 10.1. The first-order valence-electron chi connectivity index (χ1n) is 8.07. The molecule has 8 nitrogen and oxygen atoms in total. The van der Waals surface area contributed by atoms with E-state index in [0.717, 1.165) is 26.1 Å². The monoisotopic (exact) mass is 329 g/mol. The summed E-state index contributed by atoms with van der Waals surface area (Å²) in [6, 6.07) is -0.400. The quantitative estimate of drug-likeness (QED) is 0.633. The van der Waals surface area contributed by atoms with Crippen molar-refractivity contribution in [3.63, 3.8) is 0 Å². The molecule has 0 spiro atoms. The molecule has 2 saturated heterocycles. The van der Waals surface area contributed by atoms with Crippen LogP contribution in [0.5, 0.6) is 0 Å². The van der Waals surface area contributed by atoms with E-state index in [4.69, 9.17) is 9.47 Å².